The molecule has 0 radical (unpaired) electrons. The third kappa shape index (κ3) is 4.07. The van der Waals surface area contributed by atoms with E-state index in [4.69, 9.17) is 4.84 Å². The van der Waals surface area contributed by atoms with E-state index in [1.54, 1.807) is 6.07 Å². The van der Waals surface area contributed by atoms with Crippen LogP contribution in [0, 0.1) is 0 Å². The van der Waals surface area contributed by atoms with Crippen molar-refractivity contribution in [2.24, 2.45) is 5.16 Å². The molecular formula is C16H15NO4. The zero-order valence-electron chi connectivity index (χ0n) is 11.5. The van der Waals surface area contributed by atoms with Gasteiger partial charge in [-0.15, -0.1) is 0 Å². The van der Waals surface area contributed by atoms with Gasteiger partial charge in [0.25, 0.3) is 0 Å². The van der Waals surface area contributed by atoms with Crippen molar-refractivity contribution in [3.05, 3.63) is 65.2 Å². The highest BCUT2D eigenvalue weighted by Crippen LogP contribution is 2.18. The molecule has 2 aromatic carbocycles. The maximum Gasteiger partial charge on any atom is 0.341 e. The summed E-state index contributed by atoms with van der Waals surface area (Å²) in [4.78, 5) is 16.6. The fraction of sp³-hybridized carbons (Fsp3) is 0.125. The Morgan fingerprint density at radius 1 is 1.24 bits per heavy atom. The molecule has 0 unspecified atom stereocenters. The highest BCUT2D eigenvalue weighted by molar-refractivity contribution is 5.94. The molecule has 108 valence electrons. The molecule has 0 fully saturated rings. The minimum absolute atomic E-state index is 0.0875. The second-order valence-corrected chi connectivity index (χ2v) is 4.26. The number of esters is 1. The Morgan fingerprint density at radius 2 is 2.00 bits per heavy atom. The van der Waals surface area contributed by atoms with E-state index >= 15 is 0 Å². The second kappa shape index (κ2) is 7.09. The number of methoxy groups -OCH3 is 1. The number of rotatable bonds is 5. The molecule has 0 aliphatic rings. The molecule has 1 N–H and O–H groups in total. The predicted molar refractivity (Wildman–Crippen MR) is 78.3 cm³/mol. The van der Waals surface area contributed by atoms with Crippen LogP contribution >= 0.6 is 0 Å². The van der Waals surface area contributed by atoms with E-state index in [1.165, 1.54) is 25.5 Å². The van der Waals surface area contributed by atoms with E-state index in [0.29, 0.717) is 12.2 Å². The predicted octanol–water partition coefficient (Wildman–Crippen LogP) is 2.73. The van der Waals surface area contributed by atoms with Crippen LogP contribution in [0.5, 0.6) is 5.75 Å². The number of ether oxygens (including phenoxy) is 1. The van der Waals surface area contributed by atoms with Crippen LogP contribution in [0.1, 0.15) is 21.5 Å². The first-order valence-corrected chi connectivity index (χ1v) is 6.31. The standard InChI is InChI=1S/C16H15NO4/c1-20-16(19)14-9-13(7-8-15(14)18)10-17-21-11-12-5-3-2-4-6-12/h2-10,18H,11H2,1H3/b17-10-. The zero-order valence-corrected chi connectivity index (χ0v) is 11.5. The number of nitrogens with zero attached hydrogens (tertiary/aromatic N) is 1. The Hall–Kier alpha value is -2.82. The van der Waals surface area contributed by atoms with E-state index in [9.17, 15) is 9.90 Å². The summed E-state index contributed by atoms with van der Waals surface area (Å²) in [6.45, 7) is 0.360. The molecule has 0 spiro atoms. The largest absolute Gasteiger partial charge is 0.507 e. The molecule has 21 heavy (non-hydrogen) atoms. The average molecular weight is 285 g/mol. The molecule has 2 aromatic rings. The number of hydrogen-bond acceptors (Lipinski definition) is 5. The molecule has 0 saturated carbocycles. The van der Waals surface area contributed by atoms with E-state index in [-0.39, 0.29) is 11.3 Å². The molecule has 5 nitrogen and oxygen atoms in total. The summed E-state index contributed by atoms with van der Waals surface area (Å²) in [5.74, 6) is -0.739. The Labute approximate surface area is 122 Å². The lowest BCUT2D eigenvalue weighted by Crippen LogP contribution is -2.02. The SMILES string of the molecule is COC(=O)c1cc(/C=N\OCc2ccccc2)ccc1O. The van der Waals surface area contributed by atoms with Gasteiger partial charge in [0.05, 0.1) is 13.3 Å². The van der Waals surface area contributed by atoms with E-state index in [1.807, 2.05) is 30.3 Å². The molecule has 0 bridgehead atoms. The van der Waals surface area contributed by atoms with Gasteiger partial charge in [-0.1, -0.05) is 35.5 Å². The molecule has 0 aromatic heterocycles. The Balaban J connectivity index is 1.99. The van der Waals surface area contributed by atoms with E-state index in [2.05, 4.69) is 9.89 Å². The lowest BCUT2D eigenvalue weighted by atomic mass is 10.1. The van der Waals surface area contributed by atoms with Gasteiger partial charge in [-0.25, -0.2) is 4.79 Å². The molecule has 0 aliphatic carbocycles. The lowest BCUT2D eigenvalue weighted by Gasteiger charge is -2.03. The highest BCUT2D eigenvalue weighted by Gasteiger charge is 2.11. The number of benzene rings is 2. The van der Waals surface area contributed by atoms with Crippen LogP contribution in [-0.4, -0.2) is 24.4 Å². The first-order valence-electron chi connectivity index (χ1n) is 6.31. The summed E-state index contributed by atoms with van der Waals surface area (Å²) in [6.07, 6.45) is 1.47. The molecular weight excluding hydrogens is 270 g/mol. The van der Waals surface area contributed by atoms with Crippen LogP contribution in [0.2, 0.25) is 0 Å². The minimum Gasteiger partial charge on any atom is -0.507 e. The minimum atomic E-state index is -0.604. The number of oxime groups is 1. The van der Waals surface area contributed by atoms with Crippen molar-refractivity contribution in [3.8, 4) is 5.75 Å². The van der Waals surface area contributed by atoms with Gasteiger partial charge < -0.3 is 14.7 Å². The third-order valence-corrected chi connectivity index (χ3v) is 2.78. The van der Waals surface area contributed by atoms with Crippen molar-refractivity contribution in [2.45, 2.75) is 6.61 Å². The topological polar surface area (TPSA) is 68.1 Å². The van der Waals surface area contributed by atoms with Gasteiger partial charge in [-0.3, -0.25) is 0 Å². The number of carbonyl (C=O) groups excluding carboxylic acids is 1. The number of phenolic OH excluding ortho intramolecular Hbond substituents is 1. The van der Waals surface area contributed by atoms with Gasteiger partial charge in [-0.05, 0) is 29.3 Å². The smallest absolute Gasteiger partial charge is 0.341 e. The van der Waals surface area contributed by atoms with Crippen LogP contribution in [0.3, 0.4) is 0 Å². The number of hydrogen-bond donors (Lipinski definition) is 1. The summed E-state index contributed by atoms with van der Waals surface area (Å²) < 4.78 is 4.58. The van der Waals surface area contributed by atoms with Gasteiger partial charge in [-0.2, -0.15) is 0 Å². The molecule has 0 atom stereocenters. The van der Waals surface area contributed by atoms with Gasteiger partial charge in [0.2, 0.25) is 0 Å². The normalized spacial score (nSPS) is 10.5. The van der Waals surface area contributed by atoms with Crippen molar-refractivity contribution < 1.29 is 19.5 Å². The molecule has 5 heteroatoms. The Bertz CT molecular complexity index is 638. The monoisotopic (exact) mass is 285 g/mol. The number of phenols is 1. The first-order chi connectivity index (χ1) is 10.2. The molecule has 0 amide bonds. The molecule has 0 heterocycles. The number of aromatic hydroxyl groups is 1. The average Bonchev–Trinajstić information content (AvgIpc) is 2.53. The summed E-state index contributed by atoms with van der Waals surface area (Å²) in [6, 6.07) is 14.2. The summed E-state index contributed by atoms with van der Waals surface area (Å²) in [7, 11) is 1.26. The maximum absolute atomic E-state index is 11.4. The third-order valence-electron chi connectivity index (χ3n) is 2.78. The summed E-state index contributed by atoms with van der Waals surface area (Å²) >= 11 is 0. The lowest BCUT2D eigenvalue weighted by molar-refractivity contribution is 0.0597. The van der Waals surface area contributed by atoms with Crippen LogP contribution in [0.15, 0.2) is 53.7 Å². The zero-order chi connectivity index (χ0) is 15.1. The van der Waals surface area contributed by atoms with Gasteiger partial charge in [0.1, 0.15) is 17.9 Å². The van der Waals surface area contributed by atoms with Crippen molar-refractivity contribution >= 4 is 12.2 Å². The fourth-order valence-electron chi connectivity index (χ4n) is 1.69. The first kappa shape index (κ1) is 14.6. The molecule has 0 saturated heterocycles. The van der Waals surface area contributed by atoms with Crippen molar-refractivity contribution in [3.63, 3.8) is 0 Å². The molecule has 0 aliphatic heterocycles. The second-order valence-electron chi connectivity index (χ2n) is 4.26. The van der Waals surface area contributed by atoms with E-state index < -0.39 is 5.97 Å². The van der Waals surface area contributed by atoms with Crippen molar-refractivity contribution in [1.29, 1.82) is 0 Å². The van der Waals surface area contributed by atoms with Crippen LogP contribution in [0.4, 0.5) is 0 Å². The maximum atomic E-state index is 11.4. The van der Waals surface area contributed by atoms with E-state index in [0.717, 1.165) is 5.56 Å². The highest BCUT2D eigenvalue weighted by atomic mass is 16.6. The van der Waals surface area contributed by atoms with Crippen LogP contribution in [-0.2, 0) is 16.2 Å². The van der Waals surface area contributed by atoms with Crippen LogP contribution < -0.4 is 0 Å². The molecule has 2 rings (SSSR count). The van der Waals surface area contributed by atoms with Crippen molar-refractivity contribution in [1.82, 2.24) is 0 Å². The fourth-order valence-corrected chi connectivity index (χ4v) is 1.69. The Kier molecular flexibility index (Phi) is 4.93. The van der Waals surface area contributed by atoms with Crippen molar-refractivity contribution in [2.75, 3.05) is 7.11 Å². The summed E-state index contributed by atoms with van der Waals surface area (Å²) in [5, 5.41) is 13.4. The van der Waals surface area contributed by atoms with Gasteiger partial charge in [0.15, 0.2) is 0 Å². The summed E-state index contributed by atoms with van der Waals surface area (Å²) in [5.41, 5.74) is 1.72. The van der Waals surface area contributed by atoms with Crippen LogP contribution in [0.25, 0.3) is 0 Å². The quantitative estimate of drug-likeness (QED) is 0.521. The Morgan fingerprint density at radius 3 is 2.71 bits per heavy atom. The van der Waals surface area contributed by atoms with Gasteiger partial charge in [0, 0.05) is 0 Å². The van der Waals surface area contributed by atoms with Gasteiger partial charge >= 0.3 is 5.97 Å². The number of carbonyl (C=O) groups is 1.